The minimum atomic E-state index is 0.480. The van der Waals surface area contributed by atoms with Crippen LogP contribution in [0.2, 0.25) is 0 Å². The monoisotopic (exact) mass is 164 g/mol. The topological polar surface area (TPSA) is 49.8 Å². The Morgan fingerprint density at radius 1 is 1.42 bits per heavy atom. The predicted molar refractivity (Wildman–Crippen MR) is 51.5 cm³/mol. The second-order valence-electron chi connectivity index (χ2n) is 3.56. The van der Waals surface area contributed by atoms with Crippen LogP contribution in [0.3, 0.4) is 0 Å². The molecule has 0 amide bonds. The summed E-state index contributed by atoms with van der Waals surface area (Å²) in [7, 11) is 4.15. The maximum Gasteiger partial charge on any atom is 0.229 e. The molecule has 12 heavy (non-hydrogen) atoms. The average Bonchev–Trinajstić information content (AvgIpc) is 2.02. The van der Waals surface area contributed by atoms with Crippen molar-refractivity contribution in [2.24, 2.45) is 17.6 Å². The number of rotatable bonds is 0. The molecule has 1 aliphatic carbocycles. The van der Waals surface area contributed by atoms with Crippen LogP contribution in [0.5, 0.6) is 0 Å². The molecule has 0 saturated heterocycles. The van der Waals surface area contributed by atoms with E-state index in [0.29, 0.717) is 6.04 Å². The Kier molecular flexibility index (Phi) is 5.83. The molecule has 0 heterocycles. The van der Waals surface area contributed by atoms with Crippen molar-refractivity contribution in [2.75, 3.05) is 0 Å². The van der Waals surface area contributed by atoms with Crippen molar-refractivity contribution in [1.82, 2.24) is 0 Å². The molecule has 0 aromatic rings. The van der Waals surface area contributed by atoms with Crippen LogP contribution in [0, 0.1) is 23.1 Å². The third-order valence-electron chi connectivity index (χ3n) is 2.77. The van der Waals surface area contributed by atoms with Crippen LogP contribution in [-0.4, -0.2) is 13.9 Å². The van der Waals surface area contributed by atoms with E-state index in [4.69, 9.17) is 11.0 Å². The van der Waals surface area contributed by atoms with E-state index in [1.165, 1.54) is 25.2 Å². The molecule has 3 unspecified atom stereocenters. The molecule has 1 rings (SSSR count). The maximum atomic E-state index is 7.10. The zero-order valence-electron chi connectivity index (χ0n) is 7.96. The lowest BCUT2D eigenvalue weighted by atomic mass is 9.78. The highest BCUT2D eigenvalue weighted by molar-refractivity contribution is 6.20. The number of hydrogen-bond donors (Lipinski definition) is 1. The second-order valence-corrected chi connectivity index (χ2v) is 3.56. The van der Waals surface area contributed by atoms with E-state index in [-0.39, 0.29) is 0 Å². The Labute approximate surface area is 76.5 Å². The van der Waals surface area contributed by atoms with Crippen molar-refractivity contribution in [3.63, 3.8) is 0 Å². The number of hydrogen-bond acceptors (Lipinski definition) is 2. The molecule has 0 aliphatic heterocycles. The fourth-order valence-electron chi connectivity index (χ4n) is 1.62. The minimum absolute atomic E-state index is 0.480. The molecule has 3 atom stereocenters. The van der Waals surface area contributed by atoms with Gasteiger partial charge in [-0.15, -0.1) is 0 Å². The van der Waals surface area contributed by atoms with E-state index in [1.807, 2.05) is 0 Å². The van der Waals surface area contributed by atoms with Crippen molar-refractivity contribution >= 4 is 7.85 Å². The van der Waals surface area contributed by atoms with Crippen LogP contribution in [-0.2, 0) is 0 Å². The van der Waals surface area contributed by atoms with Crippen LogP contribution >= 0.6 is 0 Å². The molecule has 2 nitrogen and oxygen atoms in total. The van der Waals surface area contributed by atoms with Gasteiger partial charge in [0.05, 0.1) is 0 Å². The molecule has 1 fully saturated rings. The van der Waals surface area contributed by atoms with E-state index >= 15 is 0 Å². The average molecular weight is 164 g/mol. The lowest BCUT2D eigenvalue weighted by Gasteiger charge is -2.31. The molecular weight excluding hydrogens is 147 g/mol. The van der Waals surface area contributed by atoms with E-state index in [9.17, 15) is 0 Å². The van der Waals surface area contributed by atoms with Crippen LogP contribution in [0.15, 0.2) is 0 Å². The van der Waals surface area contributed by atoms with Gasteiger partial charge in [0.2, 0.25) is 7.85 Å². The Morgan fingerprint density at radius 3 is 2.25 bits per heavy atom. The predicted octanol–water partition coefficient (Wildman–Crippen LogP) is 1.41. The Morgan fingerprint density at radius 2 is 1.92 bits per heavy atom. The molecular formula is C9H17BN2. The first kappa shape index (κ1) is 11.5. The normalized spacial score (nSPS) is 34.3. The van der Waals surface area contributed by atoms with Gasteiger partial charge >= 0.3 is 0 Å². The number of nitrogens with zero attached hydrogens (tertiary/aromatic N) is 1. The van der Waals surface area contributed by atoms with Gasteiger partial charge in [-0.1, -0.05) is 26.7 Å². The molecule has 0 spiro atoms. The van der Waals surface area contributed by atoms with Crippen LogP contribution in [0.4, 0.5) is 0 Å². The molecule has 0 aromatic heterocycles. The smallest absolute Gasteiger partial charge is 0.229 e. The summed E-state index contributed by atoms with van der Waals surface area (Å²) < 4.78 is 0. The van der Waals surface area contributed by atoms with Crippen molar-refractivity contribution in [3.8, 4) is 5.97 Å². The van der Waals surface area contributed by atoms with Gasteiger partial charge in [0.15, 0.2) is 0 Å². The van der Waals surface area contributed by atoms with E-state index in [2.05, 4.69) is 21.7 Å². The van der Waals surface area contributed by atoms with E-state index < -0.39 is 0 Å². The summed E-state index contributed by atoms with van der Waals surface area (Å²) in [6.45, 7) is 4.58. The highest BCUT2D eigenvalue weighted by atomic mass is 14.7. The van der Waals surface area contributed by atoms with Gasteiger partial charge in [-0.3, -0.25) is 0 Å². The van der Waals surface area contributed by atoms with Gasteiger partial charge < -0.3 is 5.73 Å². The zero-order valence-corrected chi connectivity index (χ0v) is 7.96. The largest absolute Gasteiger partial charge is 0.327 e. The van der Waals surface area contributed by atoms with Gasteiger partial charge in [0, 0.05) is 6.04 Å². The lowest BCUT2D eigenvalue weighted by Crippen LogP contribution is -2.35. The quantitative estimate of drug-likeness (QED) is 0.550. The van der Waals surface area contributed by atoms with Gasteiger partial charge in [-0.25, -0.2) is 5.26 Å². The van der Waals surface area contributed by atoms with Crippen molar-refractivity contribution in [1.29, 1.82) is 5.26 Å². The first-order valence-corrected chi connectivity index (χ1v) is 4.48. The molecule has 1 saturated carbocycles. The highest BCUT2D eigenvalue weighted by Gasteiger charge is 2.23. The Bertz CT molecular complexity index is 143. The zero-order chi connectivity index (χ0) is 9.56. The van der Waals surface area contributed by atoms with Gasteiger partial charge in [0.25, 0.3) is 0 Å². The first-order valence-electron chi connectivity index (χ1n) is 4.48. The SMILES string of the molecule is CC1CCCC(N)C1C.[B]C#N. The summed E-state index contributed by atoms with van der Waals surface area (Å²) in [5.74, 6) is 2.85. The van der Waals surface area contributed by atoms with Gasteiger partial charge in [-0.2, -0.15) is 0 Å². The third kappa shape index (κ3) is 3.78. The summed E-state index contributed by atoms with van der Waals surface area (Å²) in [6.07, 6.45) is 3.97. The Balaban J connectivity index is 0.000000354. The van der Waals surface area contributed by atoms with Crippen molar-refractivity contribution in [2.45, 2.75) is 39.2 Å². The summed E-state index contributed by atoms with van der Waals surface area (Å²) in [6, 6.07) is 0.480. The Hall–Kier alpha value is -0.485. The van der Waals surface area contributed by atoms with Crippen molar-refractivity contribution < 1.29 is 0 Å². The van der Waals surface area contributed by atoms with Crippen molar-refractivity contribution in [3.05, 3.63) is 0 Å². The van der Waals surface area contributed by atoms with E-state index in [1.54, 1.807) is 0 Å². The minimum Gasteiger partial charge on any atom is -0.327 e. The fourth-order valence-corrected chi connectivity index (χ4v) is 1.62. The van der Waals surface area contributed by atoms with Crippen LogP contribution in [0.25, 0.3) is 0 Å². The highest BCUT2D eigenvalue weighted by Crippen LogP contribution is 2.27. The number of nitriles is 1. The molecule has 66 valence electrons. The summed E-state index contributed by atoms with van der Waals surface area (Å²) in [5, 5.41) is 7.10. The standard InChI is InChI=1S/C8H17N.CBN/c1-6-4-3-5-8(9)7(6)2;2-1-3/h6-8H,3-5,9H2,1-2H3;. The second kappa shape index (κ2) is 6.08. The molecule has 1 aliphatic rings. The van der Waals surface area contributed by atoms with Crippen LogP contribution in [0.1, 0.15) is 33.1 Å². The lowest BCUT2D eigenvalue weighted by molar-refractivity contribution is 0.240. The fraction of sp³-hybridized carbons (Fsp3) is 0.889. The maximum absolute atomic E-state index is 7.10. The molecule has 0 aromatic carbocycles. The van der Waals surface area contributed by atoms with E-state index in [0.717, 1.165) is 11.8 Å². The number of nitrogens with two attached hydrogens (primary N) is 1. The van der Waals surface area contributed by atoms with Gasteiger partial charge in [0.1, 0.15) is 0 Å². The summed E-state index contributed by atoms with van der Waals surface area (Å²) >= 11 is 0. The molecule has 2 N–H and O–H groups in total. The molecule has 2 radical (unpaired) electrons. The van der Waals surface area contributed by atoms with Gasteiger partial charge in [-0.05, 0) is 24.2 Å². The van der Waals surface area contributed by atoms with Crippen LogP contribution < -0.4 is 5.73 Å². The summed E-state index contributed by atoms with van der Waals surface area (Å²) in [5.41, 5.74) is 5.87. The first-order chi connectivity index (χ1) is 5.63. The third-order valence-corrected chi connectivity index (χ3v) is 2.77. The molecule has 3 heteroatoms. The molecule has 0 bridgehead atoms. The summed E-state index contributed by atoms with van der Waals surface area (Å²) in [4.78, 5) is 0.